The number of aliphatic hydroxyl groups excluding tert-OH is 1. The summed E-state index contributed by atoms with van der Waals surface area (Å²) in [5, 5.41) is 10.2. The highest BCUT2D eigenvalue weighted by atomic mass is 35.5. The molecule has 9 heteroatoms. The second-order valence-electron chi connectivity index (χ2n) is 5.73. The maximum atomic E-state index is 12.3. The van der Waals surface area contributed by atoms with E-state index in [2.05, 4.69) is 0 Å². The van der Waals surface area contributed by atoms with E-state index in [9.17, 15) is 14.7 Å². The summed E-state index contributed by atoms with van der Waals surface area (Å²) in [6, 6.07) is 0. The molecule has 4 rings (SSSR count). The molecule has 0 amide bonds. The average Bonchev–Trinajstić information content (AvgIpc) is 3.02. The SMILES string of the molecule is COC1(OC)[C@@]2(Cl)C(=O)O[C@H]3C(O)[C@H]4OC(=O)[C@]1(Cl)[C@H]4[C@H]32. The van der Waals surface area contributed by atoms with E-state index in [1.165, 1.54) is 14.2 Å². The summed E-state index contributed by atoms with van der Waals surface area (Å²) < 4.78 is 21.1. The molecular weight excluding hydrogens is 327 g/mol. The quantitative estimate of drug-likeness (QED) is 0.408. The van der Waals surface area contributed by atoms with Crippen LogP contribution in [0.15, 0.2) is 0 Å². The summed E-state index contributed by atoms with van der Waals surface area (Å²) in [5.41, 5.74) is 0. The molecule has 116 valence electrons. The summed E-state index contributed by atoms with van der Waals surface area (Å²) in [4.78, 5) is 21.0. The van der Waals surface area contributed by atoms with Crippen LogP contribution in [0.1, 0.15) is 0 Å². The van der Waals surface area contributed by atoms with Crippen molar-refractivity contribution in [1.29, 1.82) is 0 Å². The number of hydrogen-bond acceptors (Lipinski definition) is 7. The van der Waals surface area contributed by atoms with Crippen molar-refractivity contribution in [3.8, 4) is 0 Å². The Kier molecular flexibility index (Phi) is 2.44. The van der Waals surface area contributed by atoms with Crippen LogP contribution in [-0.4, -0.2) is 65.1 Å². The highest BCUT2D eigenvalue weighted by Gasteiger charge is 2.94. The van der Waals surface area contributed by atoms with Crippen molar-refractivity contribution < 1.29 is 33.6 Å². The lowest BCUT2D eigenvalue weighted by molar-refractivity contribution is -0.237. The highest BCUT2D eigenvalue weighted by molar-refractivity contribution is 6.42. The highest BCUT2D eigenvalue weighted by Crippen LogP contribution is 2.72. The monoisotopic (exact) mass is 338 g/mol. The zero-order valence-corrected chi connectivity index (χ0v) is 12.6. The number of carbonyl (C=O) groups excluding carboxylic acids is 2. The van der Waals surface area contributed by atoms with Gasteiger partial charge in [0.2, 0.25) is 15.5 Å². The lowest BCUT2D eigenvalue weighted by atomic mass is 9.89. The Bertz CT molecular complexity index is 520. The van der Waals surface area contributed by atoms with Crippen LogP contribution >= 0.6 is 23.2 Å². The van der Waals surface area contributed by atoms with Crippen LogP contribution in [-0.2, 0) is 28.5 Å². The molecule has 0 aromatic carbocycles. The first kappa shape index (κ1) is 14.0. The first-order valence-electron chi connectivity index (χ1n) is 6.39. The zero-order valence-electron chi connectivity index (χ0n) is 11.0. The van der Waals surface area contributed by atoms with Gasteiger partial charge in [-0.15, -0.1) is 23.2 Å². The van der Waals surface area contributed by atoms with E-state index in [-0.39, 0.29) is 0 Å². The predicted octanol–water partition coefficient (Wildman–Crippen LogP) is -0.598. The minimum Gasteiger partial charge on any atom is -0.458 e. The van der Waals surface area contributed by atoms with E-state index >= 15 is 0 Å². The van der Waals surface area contributed by atoms with Gasteiger partial charge < -0.3 is 24.1 Å². The van der Waals surface area contributed by atoms with Gasteiger partial charge in [-0.3, -0.25) is 0 Å². The van der Waals surface area contributed by atoms with Gasteiger partial charge in [-0.25, -0.2) is 9.59 Å². The van der Waals surface area contributed by atoms with Crippen molar-refractivity contribution >= 4 is 35.1 Å². The molecule has 0 bridgehead atoms. The molecule has 7 nitrogen and oxygen atoms in total. The van der Waals surface area contributed by atoms with Gasteiger partial charge in [0.05, 0.1) is 0 Å². The molecule has 2 aliphatic heterocycles. The molecule has 2 heterocycles. The number of halogens is 2. The number of methoxy groups -OCH3 is 2. The number of esters is 2. The normalized spacial score (nSPS) is 55.6. The lowest BCUT2D eigenvalue weighted by Gasteiger charge is -2.41. The maximum absolute atomic E-state index is 12.3. The van der Waals surface area contributed by atoms with Crippen LogP contribution < -0.4 is 0 Å². The molecule has 0 spiro atoms. The van der Waals surface area contributed by atoms with Gasteiger partial charge in [-0.2, -0.15) is 0 Å². The Labute approximate surface area is 129 Å². The van der Waals surface area contributed by atoms with Crippen molar-refractivity contribution in [1.82, 2.24) is 0 Å². The van der Waals surface area contributed by atoms with E-state index in [1.54, 1.807) is 0 Å². The Morgan fingerprint density at radius 1 is 1.00 bits per heavy atom. The second kappa shape index (κ2) is 3.65. The number of carbonyl (C=O) groups is 2. The number of aliphatic hydroxyl groups is 1. The Hall–Kier alpha value is -0.600. The van der Waals surface area contributed by atoms with Crippen LogP contribution in [0.5, 0.6) is 0 Å². The van der Waals surface area contributed by atoms with E-state index < -0.39 is 57.6 Å². The predicted molar refractivity (Wildman–Crippen MR) is 66.7 cm³/mol. The topological polar surface area (TPSA) is 91.3 Å². The third kappa shape index (κ3) is 1.03. The van der Waals surface area contributed by atoms with Gasteiger partial charge in [0.15, 0.2) is 0 Å². The summed E-state index contributed by atoms with van der Waals surface area (Å²) in [6.07, 6.45) is -2.97. The van der Waals surface area contributed by atoms with Crippen molar-refractivity contribution in [2.45, 2.75) is 33.8 Å². The van der Waals surface area contributed by atoms with Crippen LogP contribution in [0.4, 0.5) is 0 Å². The van der Waals surface area contributed by atoms with Crippen LogP contribution in [0, 0.1) is 11.8 Å². The molecule has 4 aliphatic rings. The lowest BCUT2D eigenvalue weighted by Crippen LogP contribution is -2.65. The average molecular weight is 339 g/mol. The largest absolute Gasteiger partial charge is 0.458 e. The number of rotatable bonds is 2. The second-order valence-corrected chi connectivity index (χ2v) is 6.92. The van der Waals surface area contributed by atoms with E-state index in [4.69, 9.17) is 42.1 Å². The first-order chi connectivity index (χ1) is 9.81. The third-order valence-corrected chi connectivity index (χ3v) is 6.61. The maximum Gasteiger partial charge on any atom is 0.333 e. The fourth-order valence-electron chi connectivity index (χ4n) is 4.59. The van der Waals surface area contributed by atoms with Gasteiger partial charge in [-0.1, -0.05) is 0 Å². The van der Waals surface area contributed by atoms with Crippen molar-refractivity contribution in [3.05, 3.63) is 0 Å². The zero-order chi connectivity index (χ0) is 15.4. The third-order valence-electron chi connectivity index (χ3n) is 5.30. The summed E-state index contributed by atoms with van der Waals surface area (Å²) in [5.74, 6) is -5.05. The minimum absolute atomic E-state index is 0.740. The first-order valence-corrected chi connectivity index (χ1v) is 7.15. The van der Waals surface area contributed by atoms with Crippen LogP contribution in [0.2, 0.25) is 0 Å². The van der Waals surface area contributed by atoms with Crippen molar-refractivity contribution in [3.63, 3.8) is 0 Å². The molecule has 0 radical (unpaired) electrons. The fourth-order valence-corrected chi connectivity index (χ4v) is 5.86. The molecule has 21 heavy (non-hydrogen) atoms. The minimum atomic E-state index is -1.93. The molecule has 0 aromatic heterocycles. The Balaban J connectivity index is 2.03. The number of alkyl halides is 2. The van der Waals surface area contributed by atoms with Crippen molar-refractivity contribution in [2.75, 3.05) is 14.2 Å². The molecule has 0 aromatic rings. The summed E-state index contributed by atoms with van der Waals surface area (Å²) >= 11 is 13.1. The molecule has 1 N–H and O–H groups in total. The summed E-state index contributed by atoms with van der Waals surface area (Å²) in [6.45, 7) is 0. The van der Waals surface area contributed by atoms with Crippen molar-refractivity contribution in [2.24, 2.45) is 11.8 Å². The molecule has 7 atom stereocenters. The Morgan fingerprint density at radius 2 is 1.38 bits per heavy atom. The summed E-state index contributed by atoms with van der Waals surface area (Å²) in [7, 11) is 2.49. The van der Waals surface area contributed by atoms with Gasteiger partial charge in [0.25, 0.3) is 0 Å². The van der Waals surface area contributed by atoms with E-state index in [0.717, 1.165) is 0 Å². The molecular formula is C12H12Cl2O7. The fraction of sp³-hybridized carbons (Fsp3) is 0.833. The molecule has 2 saturated carbocycles. The van der Waals surface area contributed by atoms with Crippen LogP contribution in [0.3, 0.4) is 0 Å². The van der Waals surface area contributed by atoms with Gasteiger partial charge in [0.1, 0.15) is 18.3 Å². The smallest absolute Gasteiger partial charge is 0.333 e. The van der Waals surface area contributed by atoms with E-state index in [0.29, 0.717) is 0 Å². The van der Waals surface area contributed by atoms with Crippen LogP contribution in [0.25, 0.3) is 0 Å². The number of hydrogen-bond donors (Lipinski definition) is 1. The Morgan fingerprint density at radius 3 is 1.71 bits per heavy atom. The van der Waals surface area contributed by atoms with Gasteiger partial charge >= 0.3 is 11.9 Å². The van der Waals surface area contributed by atoms with E-state index in [1.807, 2.05) is 0 Å². The van der Waals surface area contributed by atoms with Gasteiger partial charge in [0, 0.05) is 26.1 Å². The molecule has 1 unspecified atom stereocenters. The molecule has 2 saturated heterocycles. The molecule has 2 aliphatic carbocycles. The number of ether oxygens (including phenoxy) is 4. The molecule has 4 fully saturated rings. The standard InChI is InChI=1S/C12H12Cl2O7/c1-18-12(19-2)10(13)3-4-7(21-9(17)11(4,12)14)5(15)6(3)20-8(10)16/h3-7,15H,1-2H3/t3-,4+,5?,6-,7+,10+,11-. The van der Waals surface area contributed by atoms with Gasteiger partial charge in [-0.05, 0) is 0 Å².